The molecule has 1 heterocycles. The van der Waals surface area contributed by atoms with E-state index in [0.717, 1.165) is 0 Å². The fourth-order valence-electron chi connectivity index (χ4n) is 2.73. The van der Waals surface area contributed by atoms with Crippen LogP contribution in [0.4, 0.5) is 0 Å². The number of nitrogens with zero attached hydrogens (tertiary/aromatic N) is 2. The summed E-state index contributed by atoms with van der Waals surface area (Å²) in [5.74, 6) is 0. The Morgan fingerprint density at radius 2 is 1.75 bits per heavy atom. The van der Waals surface area contributed by atoms with Crippen LogP contribution in [0.15, 0.2) is 81.9 Å². The second-order valence-electron chi connectivity index (χ2n) is 6.30. The van der Waals surface area contributed by atoms with Crippen molar-refractivity contribution in [2.24, 2.45) is 0 Å². The van der Waals surface area contributed by atoms with Crippen molar-refractivity contribution in [3.63, 3.8) is 0 Å². The van der Waals surface area contributed by atoms with Gasteiger partial charge in [0.05, 0.1) is 21.0 Å². The Bertz CT molecular complexity index is 1140. The topological polar surface area (TPSA) is 98.1 Å². The molecule has 1 N–H and O–H groups in total. The summed E-state index contributed by atoms with van der Waals surface area (Å²) >= 11 is 0. The minimum absolute atomic E-state index is 0.0139. The lowest BCUT2D eigenvalue weighted by Crippen LogP contribution is -2.25. The monoisotopic (exact) mass is 419 g/mol. The van der Waals surface area contributed by atoms with Gasteiger partial charge in [0.25, 0.3) is 0 Å². The first-order valence-electron chi connectivity index (χ1n) is 8.67. The molecule has 9 heteroatoms. The third-order valence-electron chi connectivity index (χ3n) is 4.26. The summed E-state index contributed by atoms with van der Waals surface area (Å²) in [5.41, 5.74) is 0.489. The van der Waals surface area contributed by atoms with Gasteiger partial charge in [0.15, 0.2) is 0 Å². The molecule has 3 aromatic rings. The fraction of sp³-hybridized carbons (Fsp3) is 0.211. The van der Waals surface area contributed by atoms with Gasteiger partial charge in [-0.3, -0.25) is 0 Å². The van der Waals surface area contributed by atoms with Gasteiger partial charge in [0, 0.05) is 25.5 Å². The first kappa shape index (κ1) is 20.2. The summed E-state index contributed by atoms with van der Waals surface area (Å²) in [6.45, 7) is 2.50. The summed E-state index contributed by atoms with van der Waals surface area (Å²) in [5, 5.41) is 0. The van der Waals surface area contributed by atoms with Crippen LogP contribution in [0.5, 0.6) is 0 Å². The number of sulfonamides is 1. The van der Waals surface area contributed by atoms with E-state index in [1.165, 1.54) is 30.3 Å². The highest BCUT2D eigenvalue weighted by Gasteiger charge is 2.23. The Morgan fingerprint density at radius 3 is 2.43 bits per heavy atom. The standard InChI is InChI=1S/C19H21N3O4S2/c1-16-8-9-18(14-19(16)27(23,24)17-6-3-2-4-7-17)28(25,26)21-10-5-12-22-13-11-20-15-22/h2-4,6-9,11,13-15,21H,5,10,12H2,1H3. The quantitative estimate of drug-likeness (QED) is 0.566. The zero-order chi connectivity index (χ0) is 20.2. The molecule has 0 saturated heterocycles. The summed E-state index contributed by atoms with van der Waals surface area (Å²) in [4.78, 5) is 3.97. The summed E-state index contributed by atoms with van der Waals surface area (Å²) in [6.07, 6.45) is 5.70. The van der Waals surface area contributed by atoms with Gasteiger partial charge in [0.2, 0.25) is 19.9 Å². The van der Waals surface area contributed by atoms with Gasteiger partial charge in [-0.05, 0) is 43.2 Å². The molecular formula is C19H21N3O4S2. The van der Waals surface area contributed by atoms with E-state index in [-0.39, 0.29) is 21.2 Å². The van der Waals surface area contributed by atoms with Crippen LogP contribution in [-0.2, 0) is 26.4 Å². The Morgan fingerprint density at radius 1 is 1.00 bits per heavy atom. The maximum absolute atomic E-state index is 12.9. The lowest BCUT2D eigenvalue weighted by atomic mass is 10.2. The van der Waals surface area contributed by atoms with E-state index in [2.05, 4.69) is 9.71 Å². The molecule has 0 atom stereocenters. The summed E-state index contributed by atoms with van der Waals surface area (Å²) < 4.78 is 55.4. The van der Waals surface area contributed by atoms with Crippen molar-refractivity contribution >= 4 is 19.9 Å². The Labute approximate surface area is 165 Å². The molecule has 0 aliphatic rings. The van der Waals surface area contributed by atoms with Gasteiger partial charge < -0.3 is 4.57 Å². The Hall–Kier alpha value is -2.49. The van der Waals surface area contributed by atoms with E-state index in [0.29, 0.717) is 18.5 Å². The number of benzene rings is 2. The predicted octanol–water partition coefficient (Wildman–Crippen LogP) is 2.39. The maximum Gasteiger partial charge on any atom is 0.240 e. The second-order valence-corrected chi connectivity index (χ2v) is 9.98. The van der Waals surface area contributed by atoms with Crippen LogP contribution < -0.4 is 4.72 Å². The predicted molar refractivity (Wildman–Crippen MR) is 105 cm³/mol. The van der Waals surface area contributed by atoms with Gasteiger partial charge in [0.1, 0.15) is 0 Å². The van der Waals surface area contributed by atoms with Crippen LogP contribution in [0.1, 0.15) is 12.0 Å². The zero-order valence-corrected chi connectivity index (χ0v) is 16.9. The molecule has 148 valence electrons. The van der Waals surface area contributed by atoms with Crippen molar-refractivity contribution in [1.29, 1.82) is 0 Å². The molecule has 3 rings (SSSR count). The molecule has 28 heavy (non-hydrogen) atoms. The van der Waals surface area contributed by atoms with Crippen molar-refractivity contribution in [2.45, 2.75) is 34.6 Å². The normalized spacial score (nSPS) is 12.2. The molecule has 0 unspecified atom stereocenters. The molecule has 0 fully saturated rings. The highest BCUT2D eigenvalue weighted by molar-refractivity contribution is 7.91. The summed E-state index contributed by atoms with van der Waals surface area (Å²) in [7, 11) is -7.63. The fourth-order valence-corrected chi connectivity index (χ4v) is 5.45. The maximum atomic E-state index is 12.9. The molecule has 0 radical (unpaired) electrons. The molecule has 2 aromatic carbocycles. The van der Waals surface area contributed by atoms with Gasteiger partial charge in [-0.15, -0.1) is 0 Å². The smallest absolute Gasteiger partial charge is 0.240 e. The molecule has 0 aliphatic heterocycles. The van der Waals surface area contributed by atoms with Crippen molar-refractivity contribution in [2.75, 3.05) is 6.54 Å². The average molecular weight is 420 g/mol. The molecule has 0 spiro atoms. The highest BCUT2D eigenvalue weighted by Crippen LogP contribution is 2.26. The number of hydrogen-bond acceptors (Lipinski definition) is 5. The van der Waals surface area contributed by atoms with Crippen molar-refractivity contribution in [1.82, 2.24) is 14.3 Å². The van der Waals surface area contributed by atoms with E-state index in [9.17, 15) is 16.8 Å². The number of aryl methyl sites for hydroxylation is 2. The van der Waals surface area contributed by atoms with Crippen LogP contribution in [0.2, 0.25) is 0 Å². The number of nitrogens with one attached hydrogen (secondary N) is 1. The molecule has 0 amide bonds. The number of sulfone groups is 1. The van der Waals surface area contributed by atoms with Crippen molar-refractivity contribution in [3.05, 3.63) is 72.8 Å². The number of hydrogen-bond donors (Lipinski definition) is 1. The molecular weight excluding hydrogens is 398 g/mol. The van der Waals surface area contributed by atoms with Gasteiger partial charge in [-0.2, -0.15) is 0 Å². The molecule has 0 bridgehead atoms. The van der Waals surface area contributed by atoms with E-state index in [1.54, 1.807) is 43.8 Å². The first-order chi connectivity index (χ1) is 13.3. The first-order valence-corrected chi connectivity index (χ1v) is 11.6. The lowest BCUT2D eigenvalue weighted by molar-refractivity contribution is 0.569. The largest absolute Gasteiger partial charge is 0.337 e. The van der Waals surface area contributed by atoms with E-state index in [4.69, 9.17) is 0 Å². The zero-order valence-electron chi connectivity index (χ0n) is 15.3. The minimum Gasteiger partial charge on any atom is -0.337 e. The molecule has 0 aliphatic carbocycles. The summed E-state index contributed by atoms with van der Waals surface area (Å²) in [6, 6.07) is 12.1. The number of imidazole rings is 1. The van der Waals surface area contributed by atoms with Crippen LogP contribution in [0.3, 0.4) is 0 Å². The van der Waals surface area contributed by atoms with E-state index >= 15 is 0 Å². The van der Waals surface area contributed by atoms with Crippen molar-refractivity contribution in [3.8, 4) is 0 Å². The molecule has 0 saturated carbocycles. The minimum atomic E-state index is -3.82. The van der Waals surface area contributed by atoms with Crippen LogP contribution in [0, 0.1) is 6.92 Å². The van der Waals surface area contributed by atoms with Crippen LogP contribution >= 0.6 is 0 Å². The van der Waals surface area contributed by atoms with E-state index < -0.39 is 19.9 Å². The Balaban J connectivity index is 1.80. The third kappa shape index (κ3) is 4.49. The van der Waals surface area contributed by atoms with Gasteiger partial charge in [-0.25, -0.2) is 26.5 Å². The third-order valence-corrected chi connectivity index (χ3v) is 7.63. The van der Waals surface area contributed by atoms with Gasteiger partial charge in [-0.1, -0.05) is 24.3 Å². The lowest BCUT2D eigenvalue weighted by Gasteiger charge is -2.12. The highest BCUT2D eigenvalue weighted by atomic mass is 32.2. The van der Waals surface area contributed by atoms with Gasteiger partial charge >= 0.3 is 0 Å². The molecule has 1 aromatic heterocycles. The SMILES string of the molecule is Cc1ccc(S(=O)(=O)NCCCn2ccnc2)cc1S(=O)(=O)c1ccccc1. The molecule has 7 nitrogen and oxygen atoms in total. The second kappa shape index (κ2) is 8.26. The number of aromatic nitrogens is 2. The average Bonchev–Trinajstić information content (AvgIpc) is 3.19. The van der Waals surface area contributed by atoms with Crippen LogP contribution in [0.25, 0.3) is 0 Å². The van der Waals surface area contributed by atoms with E-state index in [1.807, 2.05) is 4.57 Å². The Kier molecular flexibility index (Phi) is 5.97. The van der Waals surface area contributed by atoms with Crippen LogP contribution in [-0.4, -0.2) is 32.9 Å². The van der Waals surface area contributed by atoms with Crippen molar-refractivity contribution < 1.29 is 16.8 Å². The number of rotatable bonds is 8.